The van der Waals surface area contributed by atoms with Gasteiger partial charge in [0.1, 0.15) is 5.69 Å². The number of aromatic nitrogens is 5. The highest BCUT2D eigenvalue weighted by Gasteiger charge is 2.14. The van der Waals surface area contributed by atoms with Crippen molar-refractivity contribution in [2.45, 2.75) is 40.0 Å². The Morgan fingerprint density at radius 1 is 1.00 bits per heavy atom. The van der Waals surface area contributed by atoms with Crippen molar-refractivity contribution in [1.29, 1.82) is 0 Å². The highest BCUT2D eigenvalue weighted by Crippen LogP contribution is 2.26. The van der Waals surface area contributed by atoms with Crippen LogP contribution in [-0.4, -0.2) is 34.9 Å². The molecule has 4 rings (SSSR count). The number of imidazole rings is 1. The Kier molecular flexibility index (Phi) is 6.25. The number of hydrogen-bond acceptors (Lipinski definition) is 7. The van der Waals surface area contributed by atoms with Crippen LogP contribution in [0.5, 0.6) is 0 Å². The van der Waals surface area contributed by atoms with Crippen molar-refractivity contribution in [2.24, 2.45) is 0 Å². The topological polar surface area (TPSA) is 109 Å². The van der Waals surface area contributed by atoms with Gasteiger partial charge in [-0.1, -0.05) is 24.3 Å². The molecule has 0 amide bonds. The van der Waals surface area contributed by atoms with Gasteiger partial charge in [0.15, 0.2) is 5.82 Å². The van der Waals surface area contributed by atoms with E-state index < -0.39 is 0 Å². The molecule has 0 saturated carbocycles. The van der Waals surface area contributed by atoms with Gasteiger partial charge in [0.05, 0.1) is 48.4 Å². The zero-order chi connectivity index (χ0) is 22.7. The predicted octanol–water partition coefficient (Wildman–Crippen LogP) is 3.50. The summed E-state index contributed by atoms with van der Waals surface area (Å²) in [7, 11) is 0. The summed E-state index contributed by atoms with van der Waals surface area (Å²) in [5.74, 6) is 0.668. The average molecular weight is 431 g/mol. The van der Waals surface area contributed by atoms with Gasteiger partial charge in [0.25, 0.3) is 0 Å². The number of hydrogen-bond donors (Lipinski definition) is 3. The van der Waals surface area contributed by atoms with E-state index in [1.54, 1.807) is 6.33 Å². The van der Waals surface area contributed by atoms with Crippen molar-refractivity contribution >= 4 is 5.82 Å². The van der Waals surface area contributed by atoms with Gasteiger partial charge in [-0.05, 0) is 55.7 Å². The summed E-state index contributed by atoms with van der Waals surface area (Å²) in [4.78, 5) is 8.84. The molecule has 0 unspecified atom stereocenters. The molecule has 0 fully saturated rings. The third kappa shape index (κ3) is 4.37. The van der Waals surface area contributed by atoms with Gasteiger partial charge in [0.2, 0.25) is 0 Å². The largest absolute Gasteiger partial charge is 0.392 e. The van der Waals surface area contributed by atoms with Gasteiger partial charge >= 0.3 is 0 Å². The first-order valence-electron chi connectivity index (χ1n) is 10.4. The second kappa shape index (κ2) is 9.25. The zero-order valence-electron chi connectivity index (χ0n) is 18.3. The highest BCUT2D eigenvalue weighted by atomic mass is 16.3. The number of nitrogens with one attached hydrogen (secondary N) is 1. The lowest BCUT2D eigenvalue weighted by atomic mass is 10.0. The quantitative estimate of drug-likeness (QED) is 0.412. The van der Waals surface area contributed by atoms with Crippen molar-refractivity contribution in [3.63, 3.8) is 0 Å². The Hall–Kier alpha value is -3.62. The number of anilines is 1. The van der Waals surface area contributed by atoms with Crippen LogP contribution in [0, 0.1) is 13.8 Å². The van der Waals surface area contributed by atoms with Crippen LogP contribution in [-0.2, 0) is 13.2 Å². The summed E-state index contributed by atoms with van der Waals surface area (Å²) in [6, 6.07) is 13.4. The molecule has 3 aromatic heterocycles. The number of rotatable bonds is 7. The van der Waals surface area contributed by atoms with Crippen LogP contribution in [0.3, 0.4) is 0 Å². The van der Waals surface area contributed by atoms with Crippen LogP contribution in [0.25, 0.3) is 17.1 Å². The van der Waals surface area contributed by atoms with Crippen molar-refractivity contribution in [3.8, 4) is 17.1 Å². The van der Waals surface area contributed by atoms with Crippen molar-refractivity contribution < 1.29 is 10.2 Å². The summed E-state index contributed by atoms with van der Waals surface area (Å²) in [5, 5.41) is 31.6. The smallest absolute Gasteiger partial charge is 0.152 e. The van der Waals surface area contributed by atoms with E-state index in [1.807, 2.05) is 74.0 Å². The predicted molar refractivity (Wildman–Crippen MR) is 122 cm³/mol. The van der Waals surface area contributed by atoms with Gasteiger partial charge in [-0.15, -0.1) is 10.2 Å². The van der Waals surface area contributed by atoms with Gasteiger partial charge in [-0.25, -0.2) is 9.97 Å². The van der Waals surface area contributed by atoms with Gasteiger partial charge < -0.3 is 20.1 Å². The lowest BCUT2D eigenvalue weighted by Gasteiger charge is -2.19. The molecule has 3 heterocycles. The second-order valence-corrected chi connectivity index (χ2v) is 7.73. The number of benzene rings is 1. The Labute approximate surface area is 186 Å². The van der Waals surface area contributed by atoms with E-state index in [0.29, 0.717) is 22.9 Å². The fraction of sp³-hybridized carbons (Fsp3) is 0.250. The molecule has 8 nitrogen and oxygen atoms in total. The maximum atomic E-state index is 9.85. The molecule has 0 aliphatic carbocycles. The van der Waals surface area contributed by atoms with E-state index in [4.69, 9.17) is 0 Å². The third-order valence-corrected chi connectivity index (χ3v) is 5.38. The Morgan fingerprint density at radius 3 is 2.50 bits per heavy atom. The third-order valence-electron chi connectivity index (χ3n) is 5.38. The molecule has 0 aliphatic rings. The van der Waals surface area contributed by atoms with Crippen LogP contribution < -0.4 is 5.32 Å². The van der Waals surface area contributed by atoms with Gasteiger partial charge in [-0.3, -0.25) is 0 Å². The first kappa shape index (κ1) is 21.6. The van der Waals surface area contributed by atoms with Crippen molar-refractivity contribution in [3.05, 3.63) is 83.1 Å². The first-order valence-corrected chi connectivity index (χ1v) is 10.4. The first-order chi connectivity index (χ1) is 15.5. The maximum Gasteiger partial charge on any atom is 0.152 e. The van der Waals surface area contributed by atoms with Gasteiger partial charge in [0, 0.05) is 6.20 Å². The molecule has 1 atom stereocenters. The van der Waals surface area contributed by atoms with Crippen LogP contribution in [0.4, 0.5) is 5.82 Å². The maximum absolute atomic E-state index is 9.85. The van der Waals surface area contributed by atoms with Crippen LogP contribution in [0.2, 0.25) is 0 Å². The molecular formula is C24H26N6O2. The normalized spacial score (nSPS) is 12.0. The van der Waals surface area contributed by atoms with E-state index in [1.165, 1.54) is 0 Å². The van der Waals surface area contributed by atoms with E-state index in [0.717, 1.165) is 28.1 Å². The monoisotopic (exact) mass is 430 g/mol. The minimum absolute atomic E-state index is 0.0146. The molecule has 4 aromatic rings. The van der Waals surface area contributed by atoms with Crippen LogP contribution in [0.15, 0.2) is 55.0 Å². The number of nitrogens with zero attached hydrogens (tertiary/aromatic N) is 5. The molecule has 0 aliphatic heterocycles. The minimum atomic E-state index is -0.200. The number of aryl methyl sites for hydroxylation is 2. The van der Waals surface area contributed by atoms with E-state index in [-0.39, 0.29) is 19.3 Å². The van der Waals surface area contributed by atoms with E-state index in [2.05, 4.69) is 25.5 Å². The molecule has 8 heteroatoms. The summed E-state index contributed by atoms with van der Waals surface area (Å²) >= 11 is 0. The van der Waals surface area contributed by atoms with E-state index >= 15 is 0 Å². The zero-order valence-corrected chi connectivity index (χ0v) is 18.3. The average Bonchev–Trinajstić information content (AvgIpc) is 3.25. The van der Waals surface area contributed by atoms with Crippen LogP contribution >= 0.6 is 0 Å². The molecule has 0 radical (unpaired) electrons. The number of aliphatic hydroxyl groups is 2. The summed E-state index contributed by atoms with van der Waals surface area (Å²) < 4.78 is 1.84. The highest BCUT2D eigenvalue weighted by molar-refractivity contribution is 5.60. The summed E-state index contributed by atoms with van der Waals surface area (Å²) in [6.07, 6.45) is 3.59. The van der Waals surface area contributed by atoms with E-state index in [9.17, 15) is 10.2 Å². The molecule has 0 bridgehead atoms. The van der Waals surface area contributed by atoms with Crippen molar-refractivity contribution in [1.82, 2.24) is 24.7 Å². The molecular weight excluding hydrogens is 404 g/mol. The summed E-state index contributed by atoms with van der Waals surface area (Å²) in [6.45, 7) is 5.68. The lowest BCUT2D eigenvalue weighted by molar-refractivity contribution is 0.276. The molecule has 0 spiro atoms. The molecule has 0 saturated heterocycles. The Morgan fingerprint density at radius 2 is 1.81 bits per heavy atom. The summed E-state index contributed by atoms with van der Waals surface area (Å²) in [5.41, 5.74) is 6.27. The second-order valence-electron chi connectivity index (χ2n) is 7.73. The van der Waals surface area contributed by atoms with Crippen molar-refractivity contribution in [2.75, 3.05) is 5.32 Å². The molecule has 1 aromatic carbocycles. The minimum Gasteiger partial charge on any atom is -0.392 e. The molecule has 164 valence electrons. The van der Waals surface area contributed by atoms with Crippen LogP contribution in [0.1, 0.15) is 41.0 Å². The Balaban J connectivity index is 1.59. The fourth-order valence-corrected chi connectivity index (χ4v) is 3.68. The number of aliphatic hydroxyl groups excluding tert-OH is 2. The number of pyridine rings is 1. The standard InChI is InChI=1S/C24H26N6O2/c1-15-10-21(20-8-9-23(22(13-32)27-20)30-11-16(2)25-14-30)28-29-24(15)26-17(3)19-7-5-4-6-18(19)12-31/h4-11,14,17,31-32H,12-13H2,1-3H3,(H,26,29)/t17-/m0/s1. The SMILES string of the molecule is Cc1cn(-c2ccc(-c3cc(C)c(N[C@@H](C)c4ccccc4CO)nn3)nc2CO)cn1. The lowest BCUT2D eigenvalue weighted by Crippen LogP contribution is -2.12. The molecule has 3 N–H and O–H groups in total. The fourth-order valence-electron chi connectivity index (χ4n) is 3.68. The Bertz CT molecular complexity index is 1240. The molecule has 32 heavy (non-hydrogen) atoms. The van der Waals surface area contributed by atoms with Gasteiger partial charge in [-0.2, -0.15) is 0 Å².